The van der Waals surface area contributed by atoms with Gasteiger partial charge >= 0.3 is 7.60 Å². The van der Waals surface area contributed by atoms with Crippen LogP contribution in [0.2, 0.25) is 0 Å². The number of nitrogens with zero attached hydrogens (tertiary/aromatic N) is 2. The summed E-state index contributed by atoms with van der Waals surface area (Å²) in [5, 5.41) is 13.8. The Hall–Kier alpha value is -2.66. The highest BCUT2D eigenvalue weighted by Crippen LogP contribution is 2.51. The first-order valence-corrected chi connectivity index (χ1v) is 16.2. The lowest BCUT2D eigenvalue weighted by molar-refractivity contribution is 0.0288. The molecule has 0 spiro atoms. The van der Waals surface area contributed by atoms with E-state index in [4.69, 9.17) is 10.7 Å². The molecule has 1 saturated heterocycles. The lowest BCUT2D eigenvalue weighted by Gasteiger charge is -2.49. The van der Waals surface area contributed by atoms with Crippen LogP contribution in [0, 0.1) is 5.82 Å². The molecule has 1 unspecified atom stereocenters. The molecule has 4 rings (SSSR count). The highest BCUT2D eigenvalue weighted by Gasteiger charge is 2.45. The Labute approximate surface area is 243 Å². The number of hydrogen-bond donors (Lipinski definition) is 5. The number of nitrogens with one attached hydrogen (secondary N) is 1. The minimum absolute atomic E-state index is 0.207. The van der Waals surface area contributed by atoms with Crippen LogP contribution in [-0.4, -0.2) is 48.4 Å². The van der Waals surface area contributed by atoms with Crippen LogP contribution in [0.1, 0.15) is 75.0 Å². The largest absolute Gasteiger partial charge is 0.386 e. The van der Waals surface area contributed by atoms with Crippen LogP contribution in [0.3, 0.4) is 0 Å². The fraction of sp³-hybridized carbons (Fsp3) is 0.448. The first-order valence-electron chi connectivity index (χ1n) is 13.7. The van der Waals surface area contributed by atoms with Gasteiger partial charge < -0.3 is 25.9 Å². The fourth-order valence-corrected chi connectivity index (χ4v) is 7.70. The van der Waals surface area contributed by atoms with Gasteiger partial charge in [0.25, 0.3) is 5.91 Å². The van der Waals surface area contributed by atoms with Gasteiger partial charge in [0.05, 0.1) is 22.5 Å². The predicted octanol–water partition coefficient (Wildman–Crippen LogP) is 5.72. The molecule has 0 saturated carbocycles. The number of likely N-dealkylation sites (tertiary alicyclic amines) is 1. The highest BCUT2D eigenvalue weighted by molar-refractivity contribution is 7.52. The van der Waals surface area contributed by atoms with Gasteiger partial charge in [-0.15, -0.1) is 11.3 Å². The van der Waals surface area contributed by atoms with Crippen molar-refractivity contribution in [1.29, 1.82) is 0 Å². The fourth-order valence-electron chi connectivity index (χ4n) is 5.58. The number of thiophene rings is 1. The second-order valence-corrected chi connectivity index (χ2v) is 14.2. The Bertz CT molecular complexity index is 1460. The van der Waals surface area contributed by atoms with Crippen LogP contribution in [-0.2, 0) is 16.7 Å². The molecule has 1 amide bonds. The molecule has 6 N–H and O–H groups in total. The van der Waals surface area contributed by atoms with Crippen LogP contribution in [0.15, 0.2) is 42.5 Å². The Morgan fingerprint density at radius 1 is 1.24 bits per heavy atom. The molecule has 0 bridgehead atoms. The summed E-state index contributed by atoms with van der Waals surface area (Å²) in [6.07, 6.45) is 2.35. The Morgan fingerprint density at radius 3 is 2.54 bits per heavy atom. The molecule has 9 nitrogen and oxygen atoms in total. The molecular weight excluding hydrogens is 566 g/mol. The number of rotatable bonds is 10. The summed E-state index contributed by atoms with van der Waals surface area (Å²) in [7, 11) is -4.17. The van der Waals surface area contributed by atoms with Crippen LogP contribution in [0.25, 0.3) is 10.4 Å². The van der Waals surface area contributed by atoms with E-state index >= 15 is 4.39 Å². The van der Waals surface area contributed by atoms with E-state index in [1.807, 2.05) is 26.0 Å². The number of carbonyl (C=O) groups is 1. The number of aliphatic hydroxyl groups is 1. The third-order valence-electron chi connectivity index (χ3n) is 8.15. The summed E-state index contributed by atoms with van der Waals surface area (Å²) in [6.45, 7) is 8.30. The second kappa shape index (κ2) is 11.9. The van der Waals surface area contributed by atoms with E-state index in [9.17, 15) is 24.3 Å². The molecule has 3 aromatic rings. The van der Waals surface area contributed by atoms with Crippen molar-refractivity contribution in [1.82, 2.24) is 9.88 Å². The number of anilines is 2. The SMILES string of the molecule is CCC1(CC)CC(P(=O)(O)O)CCN1Cc1cccc(Nc2sc(-c3ccc(C(C)(C)O)cc3F)cc2C(N)=O)n1. The van der Waals surface area contributed by atoms with Crippen molar-refractivity contribution in [2.45, 2.75) is 76.7 Å². The van der Waals surface area contributed by atoms with Crippen molar-refractivity contribution in [3.8, 4) is 10.4 Å². The van der Waals surface area contributed by atoms with Gasteiger partial charge in [-0.3, -0.25) is 14.3 Å². The quantitative estimate of drug-likeness (QED) is 0.185. The Morgan fingerprint density at radius 2 is 1.95 bits per heavy atom. The summed E-state index contributed by atoms with van der Waals surface area (Å²) in [4.78, 5) is 39.4. The molecule has 0 aliphatic carbocycles. The van der Waals surface area contributed by atoms with Gasteiger partial charge in [-0.2, -0.15) is 0 Å². The molecule has 0 radical (unpaired) electrons. The zero-order valence-electron chi connectivity index (χ0n) is 23.7. The number of benzene rings is 1. The number of nitrogens with two attached hydrogens (primary N) is 1. The van der Waals surface area contributed by atoms with Crippen molar-refractivity contribution in [2.24, 2.45) is 5.73 Å². The summed E-state index contributed by atoms with van der Waals surface area (Å²) in [6, 6.07) is 11.6. The lowest BCUT2D eigenvalue weighted by atomic mass is 9.81. The molecule has 222 valence electrons. The van der Waals surface area contributed by atoms with Gasteiger partial charge in [-0.1, -0.05) is 32.0 Å². The molecule has 3 heterocycles. The minimum Gasteiger partial charge on any atom is -0.386 e. The van der Waals surface area contributed by atoms with E-state index in [1.165, 1.54) is 17.4 Å². The maximum absolute atomic E-state index is 15.0. The van der Waals surface area contributed by atoms with Crippen LogP contribution >= 0.6 is 18.9 Å². The van der Waals surface area contributed by atoms with Gasteiger partial charge in [0, 0.05) is 22.5 Å². The molecule has 41 heavy (non-hydrogen) atoms. The van der Waals surface area contributed by atoms with Gasteiger partial charge in [-0.25, -0.2) is 9.37 Å². The van der Waals surface area contributed by atoms with Crippen molar-refractivity contribution in [3.05, 3.63) is 65.1 Å². The summed E-state index contributed by atoms with van der Waals surface area (Å²) < 4.78 is 27.0. The standard InChI is InChI=1S/C29H38FN4O5PS/c1-5-29(6-2)16-20(40(37,38)39)12-13-34(29)17-19-8-7-9-25(32-19)33-27-22(26(31)35)15-24(41-27)21-11-10-18(14-23(21)30)28(3,4)36/h7-11,14-15,20,36H,5-6,12-13,16-17H2,1-4H3,(H2,31,35)(H,32,33)(H2,37,38,39). The van der Waals surface area contributed by atoms with E-state index in [1.54, 1.807) is 38.1 Å². The maximum Gasteiger partial charge on any atom is 0.328 e. The van der Waals surface area contributed by atoms with Crippen LogP contribution in [0.5, 0.6) is 0 Å². The molecule has 1 aromatic carbocycles. The van der Waals surface area contributed by atoms with E-state index < -0.39 is 30.6 Å². The molecule has 1 aliphatic rings. The number of amides is 1. The highest BCUT2D eigenvalue weighted by atomic mass is 32.1. The van der Waals surface area contributed by atoms with Gasteiger partial charge in [0.15, 0.2) is 0 Å². The van der Waals surface area contributed by atoms with E-state index in [0.717, 1.165) is 18.5 Å². The molecule has 1 aliphatic heterocycles. The predicted molar refractivity (Wildman–Crippen MR) is 160 cm³/mol. The number of carbonyl (C=O) groups excluding carboxylic acids is 1. The average Bonchev–Trinajstić information content (AvgIpc) is 3.31. The number of pyridine rings is 1. The second-order valence-electron chi connectivity index (χ2n) is 11.2. The molecular formula is C29H38FN4O5PS. The van der Waals surface area contributed by atoms with Gasteiger partial charge in [0.2, 0.25) is 0 Å². The molecule has 2 aromatic heterocycles. The van der Waals surface area contributed by atoms with E-state index in [2.05, 4.69) is 10.2 Å². The van der Waals surface area contributed by atoms with Gasteiger partial charge in [-0.05, 0) is 75.9 Å². The molecule has 12 heteroatoms. The van der Waals surface area contributed by atoms with E-state index in [-0.39, 0.29) is 16.7 Å². The van der Waals surface area contributed by atoms with Crippen molar-refractivity contribution in [3.63, 3.8) is 0 Å². The zero-order valence-corrected chi connectivity index (χ0v) is 25.4. The van der Waals surface area contributed by atoms with Gasteiger partial charge in [0.1, 0.15) is 16.6 Å². The number of hydrogen-bond acceptors (Lipinski definition) is 7. The maximum atomic E-state index is 15.0. The van der Waals surface area contributed by atoms with Crippen LogP contribution in [0.4, 0.5) is 15.2 Å². The number of primary amides is 1. The minimum atomic E-state index is -4.17. The summed E-state index contributed by atoms with van der Waals surface area (Å²) in [5.41, 5.74) is 5.17. The summed E-state index contributed by atoms with van der Waals surface area (Å²) >= 11 is 1.18. The first-order chi connectivity index (χ1) is 19.2. The number of halogens is 1. The molecule has 1 atom stereocenters. The van der Waals surface area contributed by atoms with Crippen molar-refractivity contribution in [2.75, 3.05) is 11.9 Å². The number of piperidine rings is 1. The third-order valence-corrected chi connectivity index (χ3v) is 10.6. The smallest absolute Gasteiger partial charge is 0.328 e. The molecule has 1 fully saturated rings. The first kappa shape index (κ1) is 31.3. The van der Waals surface area contributed by atoms with E-state index in [0.29, 0.717) is 47.2 Å². The average molecular weight is 605 g/mol. The Kier molecular flexibility index (Phi) is 9.09. The number of aromatic nitrogens is 1. The van der Waals surface area contributed by atoms with Crippen molar-refractivity contribution < 1.29 is 28.6 Å². The normalized spacial score (nSPS) is 17.9. The zero-order chi connectivity index (χ0) is 30.2. The van der Waals surface area contributed by atoms with Crippen molar-refractivity contribution >= 4 is 35.7 Å². The van der Waals surface area contributed by atoms with Crippen LogP contribution < -0.4 is 11.1 Å². The lowest BCUT2D eigenvalue weighted by Crippen LogP contribution is -2.54. The third kappa shape index (κ3) is 6.88. The topological polar surface area (TPSA) is 149 Å². The monoisotopic (exact) mass is 604 g/mol. The summed E-state index contributed by atoms with van der Waals surface area (Å²) in [5.74, 6) is -0.699. The Balaban J connectivity index is 1.58.